The van der Waals surface area contributed by atoms with Gasteiger partial charge in [-0.05, 0) is 40.0 Å². The van der Waals surface area contributed by atoms with Crippen LogP contribution in [0.3, 0.4) is 0 Å². The summed E-state index contributed by atoms with van der Waals surface area (Å²) in [5, 5.41) is 8.91. The smallest absolute Gasteiger partial charge is 0.162 e. The van der Waals surface area contributed by atoms with Gasteiger partial charge in [-0.3, -0.25) is 4.90 Å². The van der Waals surface area contributed by atoms with Crippen LogP contribution in [0.2, 0.25) is 0 Å². The topological polar surface area (TPSA) is 43.2 Å². The van der Waals surface area contributed by atoms with Crippen molar-refractivity contribution in [3.63, 3.8) is 0 Å². The highest BCUT2D eigenvalue weighted by Gasteiger charge is 2.43. The van der Waals surface area contributed by atoms with E-state index in [1.165, 1.54) is 19.4 Å². The van der Waals surface area contributed by atoms with Gasteiger partial charge in [-0.25, -0.2) is 0 Å². The number of fused-ring (bicyclic) bond motifs is 4. The van der Waals surface area contributed by atoms with Crippen LogP contribution in [0.4, 0.5) is 0 Å². The zero-order valence-electron chi connectivity index (χ0n) is 12.0. The van der Waals surface area contributed by atoms with E-state index in [0.717, 1.165) is 24.6 Å². The SMILES string of the molecule is CC(C)(C)N1CCC1c1nnc2n1C[C@H]1CC[C@@H]2O1. The van der Waals surface area contributed by atoms with Gasteiger partial charge in [0.1, 0.15) is 6.10 Å². The molecule has 0 radical (unpaired) electrons. The van der Waals surface area contributed by atoms with Gasteiger partial charge in [-0.15, -0.1) is 10.2 Å². The van der Waals surface area contributed by atoms with Crippen molar-refractivity contribution in [1.82, 2.24) is 19.7 Å². The molecule has 104 valence electrons. The second-order valence-corrected chi connectivity index (χ2v) is 7.02. The predicted molar refractivity (Wildman–Crippen MR) is 70.7 cm³/mol. The summed E-state index contributed by atoms with van der Waals surface area (Å²) in [4.78, 5) is 2.53. The van der Waals surface area contributed by atoms with Crippen molar-refractivity contribution in [2.24, 2.45) is 0 Å². The van der Waals surface area contributed by atoms with Gasteiger partial charge < -0.3 is 9.30 Å². The van der Waals surface area contributed by atoms with Crippen molar-refractivity contribution in [2.75, 3.05) is 6.54 Å². The molecule has 19 heavy (non-hydrogen) atoms. The van der Waals surface area contributed by atoms with Crippen molar-refractivity contribution in [2.45, 2.75) is 70.4 Å². The van der Waals surface area contributed by atoms with Crippen molar-refractivity contribution in [3.05, 3.63) is 11.6 Å². The highest BCUT2D eigenvalue weighted by atomic mass is 16.5. The first-order valence-corrected chi connectivity index (χ1v) is 7.39. The minimum atomic E-state index is 0.197. The molecule has 1 aromatic rings. The van der Waals surface area contributed by atoms with Gasteiger partial charge in [0, 0.05) is 12.1 Å². The van der Waals surface area contributed by atoms with E-state index in [0.29, 0.717) is 12.1 Å². The molecule has 5 heteroatoms. The Labute approximate surface area is 113 Å². The summed E-state index contributed by atoms with van der Waals surface area (Å²) in [6.45, 7) is 8.95. The molecule has 2 saturated heterocycles. The summed E-state index contributed by atoms with van der Waals surface area (Å²) in [5.41, 5.74) is 0.208. The number of rotatable bonds is 1. The van der Waals surface area contributed by atoms with E-state index in [1.54, 1.807) is 0 Å². The van der Waals surface area contributed by atoms with Crippen LogP contribution in [0.1, 0.15) is 63.8 Å². The van der Waals surface area contributed by atoms with Crippen LogP contribution < -0.4 is 0 Å². The van der Waals surface area contributed by atoms with Gasteiger partial charge in [0.2, 0.25) is 0 Å². The lowest BCUT2D eigenvalue weighted by atomic mass is 9.92. The summed E-state index contributed by atoms with van der Waals surface area (Å²) in [7, 11) is 0. The Hall–Kier alpha value is -0.940. The Kier molecular flexibility index (Phi) is 2.37. The molecule has 2 fully saturated rings. The molecule has 4 rings (SSSR count). The van der Waals surface area contributed by atoms with Gasteiger partial charge in [-0.1, -0.05) is 0 Å². The van der Waals surface area contributed by atoms with Gasteiger partial charge in [0.05, 0.1) is 18.7 Å². The Balaban J connectivity index is 1.67. The van der Waals surface area contributed by atoms with Crippen molar-refractivity contribution in [1.29, 1.82) is 0 Å². The number of likely N-dealkylation sites (tertiary alicyclic amines) is 1. The molecular formula is C14H22N4O. The minimum absolute atomic E-state index is 0.197. The second kappa shape index (κ2) is 3.79. The van der Waals surface area contributed by atoms with E-state index in [4.69, 9.17) is 4.74 Å². The summed E-state index contributed by atoms with van der Waals surface area (Å²) >= 11 is 0. The average Bonchev–Trinajstić information content (AvgIpc) is 2.82. The maximum Gasteiger partial charge on any atom is 0.162 e. The highest BCUT2D eigenvalue weighted by molar-refractivity contribution is 5.12. The first-order valence-electron chi connectivity index (χ1n) is 7.39. The van der Waals surface area contributed by atoms with Gasteiger partial charge in [0.15, 0.2) is 11.6 Å². The molecule has 1 aromatic heterocycles. The molecule has 3 aliphatic rings. The largest absolute Gasteiger partial charge is 0.365 e. The number of aromatic nitrogens is 3. The highest BCUT2D eigenvalue weighted by Crippen LogP contribution is 2.42. The Morgan fingerprint density at radius 3 is 2.58 bits per heavy atom. The van der Waals surface area contributed by atoms with E-state index in [1.807, 2.05) is 0 Å². The number of hydrogen-bond acceptors (Lipinski definition) is 4. The lowest BCUT2D eigenvalue weighted by molar-refractivity contribution is -0.0170. The molecule has 0 N–H and O–H groups in total. The van der Waals surface area contributed by atoms with E-state index in [2.05, 4.69) is 40.4 Å². The Bertz CT molecular complexity index is 504. The monoisotopic (exact) mass is 262 g/mol. The third-order valence-electron chi connectivity index (χ3n) is 4.77. The molecular weight excluding hydrogens is 240 g/mol. The molecule has 3 atom stereocenters. The summed E-state index contributed by atoms with van der Waals surface area (Å²) in [6.07, 6.45) is 4.06. The zero-order chi connectivity index (χ0) is 13.2. The van der Waals surface area contributed by atoms with E-state index < -0.39 is 0 Å². The van der Waals surface area contributed by atoms with Crippen molar-refractivity contribution >= 4 is 0 Å². The minimum Gasteiger partial charge on any atom is -0.365 e. The molecule has 0 amide bonds. The summed E-state index contributed by atoms with van der Waals surface area (Å²) < 4.78 is 8.27. The molecule has 0 spiro atoms. The number of ether oxygens (including phenoxy) is 1. The van der Waals surface area contributed by atoms with Gasteiger partial charge in [0.25, 0.3) is 0 Å². The van der Waals surface area contributed by atoms with Gasteiger partial charge in [-0.2, -0.15) is 0 Å². The van der Waals surface area contributed by atoms with E-state index >= 15 is 0 Å². The number of nitrogens with zero attached hydrogens (tertiary/aromatic N) is 4. The normalized spacial score (nSPS) is 34.2. The fourth-order valence-electron chi connectivity index (χ4n) is 3.69. The predicted octanol–water partition coefficient (Wildman–Crippen LogP) is 2.06. The average molecular weight is 262 g/mol. The fraction of sp³-hybridized carbons (Fsp3) is 0.857. The molecule has 0 aromatic carbocycles. The zero-order valence-corrected chi connectivity index (χ0v) is 12.0. The van der Waals surface area contributed by atoms with E-state index in [-0.39, 0.29) is 11.6 Å². The standard InChI is InChI=1S/C14H22N4O/c1-14(2,3)18-7-6-10(18)12-15-16-13-11-5-4-9(19-11)8-17(12)13/h9-11H,4-8H2,1-3H3/t9-,10?,11+/m1/s1. The maximum atomic E-state index is 5.93. The third kappa shape index (κ3) is 1.68. The number of hydrogen-bond donors (Lipinski definition) is 0. The van der Waals surface area contributed by atoms with Crippen LogP contribution in [0, 0.1) is 0 Å². The van der Waals surface area contributed by atoms with Crippen LogP contribution >= 0.6 is 0 Å². The summed E-state index contributed by atoms with van der Waals surface area (Å²) in [5.74, 6) is 2.22. The molecule has 0 aliphatic carbocycles. The fourth-order valence-corrected chi connectivity index (χ4v) is 3.69. The van der Waals surface area contributed by atoms with Crippen molar-refractivity contribution in [3.8, 4) is 0 Å². The van der Waals surface area contributed by atoms with Crippen LogP contribution in [0.25, 0.3) is 0 Å². The van der Waals surface area contributed by atoms with Crippen molar-refractivity contribution < 1.29 is 4.74 Å². The Morgan fingerprint density at radius 1 is 1.11 bits per heavy atom. The molecule has 4 heterocycles. The molecule has 3 aliphatic heterocycles. The van der Waals surface area contributed by atoms with Crippen LogP contribution in [0.5, 0.6) is 0 Å². The maximum absolute atomic E-state index is 5.93. The first kappa shape index (κ1) is 11.9. The molecule has 1 unspecified atom stereocenters. The Morgan fingerprint density at radius 2 is 1.89 bits per heavy atom. The second-order valence-electron chi connectivity index (χ2n) is 7.02. The van der Waals surface area contributed by atoms with Crippen LogP contribution in [-0.2, 0) is 11.3 Å². The third-order valence-corrected chi connectivity index (χ3v) is 4.77. The summed E-state index contributed by atoms with van der Waals surface area (Å²) in [6, 6.07) is 0.443. The molecule has 5 nitrogen and oxygen atoms in total. The lowest BCUT2D eigenvalue weighted by Gasteiger charge is -2.49. The first-order chi connectivity index (χ1) is 9.04. The molecule has 0 saturated carbocycles. The lowest BCUT2D eigenvalue weighted by Crippen LogP contribution is -2.52. The molecule has 2 bridgehead atoms. The van der Waals surface area contributed by atoms with Crippen LogP contribution in [0.15, 0.2) is 0 Å². The quantitative estimate of drug-likeness (QED) is 0.777. The van der Waals surface area contributed by atoms with Gasteiger partial charge >= 0.3 is 0 Å². The van der Waals surface area contributed by atoms with E-state index in [9.17, 15) is 0 Å². The van der Waals surface area contributed by atoms with Crippen LogP contribution in [-0.4, -0.2) is 37.9 Å².